The molecule has 2 rings (SSSR count). The standard InChI is InChI=1S/C17H20N2O6/c1-17(2,3)25-16(21)18-9-5-6-13(18)12-10-11(15(20)24-4)7-8-14(12)19(22)23/h5-8,10,13H,9H2,1-4H3. The summed E-state index contributed by atoms with van der Waals surface area (Å²) in [6.07, 6.45) is 2.82. The molecule has 1 aliphatic heterocycles. The lowest BCUT2D eigenvalue weighted by Gasteiger charge is -2.28. The van der Waals surface area contributed by atoms with Crippen LogP contribution in [0.15, 0.2) is 30.4 Å². The topological polar surface area (TPSA) is 99.0 Å². The monoisotopic (exact) mass is 348 g/mol. The number of hydrogen-bond acceptors (Lipinski definition) is 6. The fourth-order valence-corrected chi connectivity index (χ4v) is 2.50. The molecule has 0 N–H and O–H groups in total. The molecular weight excluding hydrogens is 328 g/mol. The van der Waals surface area contributed by atoms with Crippen molar-refractivity contribution in [3.63, 3.8) is 0 Å². The van der Waals surface area contributed by atoms with E-state index in [1.165, 1.54) is 30.2 Å². The van der Waals surface area contributed by atoms with Gasteiger partial charge in [-0.3, -0.25) is 15.0 Å². The normalized spacial score (nSPS) is 16.6. The summed E-state index contributed by atoms with van der Waals surface area (Å²) in [5.41, 5.74) is -0.470. The maximum atomic E-state index is 12.4. The van der Waals surface area contributed by atoms with Crippen LogP contribution in [0, 0.1) is 10.1 Å². The van der Waals surface area contributed by atoms with Gasteiger partial charge in [-0.2, -0.15) is 0 Å². The molecule has 0 aromatic heterocycles. The third-order valence-electron chi connectivity index (χ3n) is 3.55. The van der Waals surface area contributed by atoms with E-state index in [0.717, 1.165) is 0 Å². The van der Waals surface area contributed by atoms with E-state index in [-0.39, 0.29) is 23.4 Å². The molecule has 0 radical (unpaired) electrons. The Bertz CT molecular complexity index is 735. The van der Waals surface area contributed by atoms with E-state index in [4.69, 9.17) is 4.74 Å². The number of amides is 1. The zero-order valence-electron chi connectivity index (χ0n) is 14.5. The number of carbonyl (C=O) groups is 2. The van der Waals surface area contributed by atoms with Crippen LogP contribution in [0.5, 0.6) is 0 Å². The lowest BCUT2D eigenvalue weighted by molar-refractivity contribution is -0.385. The molecule has 0 fully saturated rings. The fraction of sp³-hybridized carbons (Fsp3) is 0.412. The maximum Gasteiger partial charge on any atom is 0.411 e. The van der Waals surface area contributed by atoms with Gasteiger partial charge < -0.3 is 9.47 Å². The Hall–Kier alpha value is -2.90. The lowest BCUT2D eigenvalue weighted by Crippen LogP contribution is -2.37. The van der Waals surface area contributed by atoms with Gasteiger partial charge in [0.05, 0.1) is 29.2 Å². The van der Waals surface area contributed by atoms with Crippen LogP contribution in [0.4, 0.5) is 10.5 Å². The second kappa shape index (κ2) is 6.92. The van der Waals surface area contributed by atoms with Crippen molar-refractivity contribution in [1.29, 1.82) is 0 Å². The van der Waals surface area contributed by atoms with Gasteiger partial charge in [-0.25, -0.2) is 9.59 Å². The van der Waals surface area contributed by atoms with E-state index in [2.05, 4.69) is 4.74 Å². The minimum atomic E-state index is -0.695. The highest BCUT2D eigenvalue weighted by Gasteiger charge is 2.34. The highest BCUT2D eigenvalue weighted by molar-refractivity contribution is 5.90. The Labute approximate surface area is 145 Å². The molecule has 25 heavy (non-hydrogen) atoms. The van der Waals surface area contributed by atoms with E-state index >= 15 is 0 Å². The largest absolute Gasteiger partial charge is 0.465 e. The number of hydrogen-bond donors (Lipinski definition) is 0. The van der Waals surface area contributed by atoms with Gasteiger partial charge in [-0.05, 0) is 32.9 Å². The van der Waals surface area contributed by atoms with Crippen molar-refractivity contribution < 1.29 is 24.0 Å². The number of benzene rings is 1. The molecule has 0 spiro atoms. The van der Waals surface area contributed by atoms with Crippen molar-refractivity contribution >= 4 is 17.7 Å². The van der Waals surface area contributed by atoms with Crippen LogP contribution in [0.1, 0.15) is 42.7 Å². The first-order valence-electron chi connectivity index (χ1n) is 7.67. The molecule has 8 nitrogen and oxygen atoms in total. The van der Waals surface area contributed by atoms with Gasteiger partial charge in [-0.15, -0.1) is 0 Å². The first kappa shape index (κ1) is 18.4. The molecule has 0 saturated heterocycles. The average Bonchev–Trinajstić information content (AvgIpc) is 3.01. The van der Waals surface area contributed by atoms with Crippen molar-refractivity contribution in [2.24, 2.45) is 0 Å². The van der Waals surface area contributed by atoms with Crippen molar-refractivity contribution in [1.82, 2.24) is 4.90 Å². The minimum absolute atomic E-state index is 0.174. The number of methoxy groups -OCH3 is 1. The van der Waals surface area contributed by atoms with E-state index in [0.29, 0.717) is 0 Å². The molecule has 1 aliphatic rings. The number of nitro benzene ring substituents is 1. The number of esters is 1. The third-order valence-corrected chi connectivity index (χ3v) is 3.55. The van der Waals surface area contributed by atoms with E-state index in [9.17, 15) is 19.7 Å². The maximum absolute atomic E-state index is 12.4. The summed E-state index contributed by atoms with van der Waals surface area (Å²) in [6, 6.07) is 3.24. The van der Waals surface area contributed by atoms with Crippen molar-refractivity contribution in [2.75, 3.05) is 13.7 Å². The molecule has 1 atom stereocenters. The Kier molecular flexibility index (Phi) is 5.10. The zero-order valence-corrected chi connectivity index (χ0v) is 14.5. The summed E-state index contributed by atoms with van der Waals surface area (Å²) in [7, 11) is 1.23. The Morgan fingerprint density at radius 2 is 2.00 bits per heavy atom. The van der Waals surface area contributed by atoms with Crippen LogP contribution < -0.4 is 0 Å². The molecule has 1 unspecified atom stereocenters. The molecule has 8 heteroatoms. The summed E-state index contributed by atoms with van der Waals surface area (Å²) in [5.74, 6) is -0.609. The van der Waals surface area contributed by atoms with Gasteiger partial charge >= 0.3 is 12.1 Å². The average molecular weight is 348 g/mol. The molecule has 1 aromatic rings. The predicted octanol–water partition coefficient (Wildman–Crippen LogP) is 3.23. The molecule has 134 valence electrons. The number of rotatable bonds is 3. The molecule has 1 amide bonds. The van der Waals surface area contributed by atoms with Gasteiger partial charge in [0.1, 0.15) is 5.60 Å². The van der Waals surface area contributed by atoms with E-state index in [1.54, 1.807) is 32.9 Å². The molecular formula is C17H20N2O6. The van der Waals surface area contributed by atoms with Crippen LogP contribution >= 0.6 is 0 Å². The van der Waals surface area contributed by atoms with Gasteiger partial charge in [0.25, 0.3) is 5.69 Å². The summed E-state index contributed by atoms with van der Waals surface area (Å²) in [4.78, 5) is 36.3. The molecule has 0 aliphatic carbocycles. The summed E-state index contributed by atoms with van der Waals surface area (Å²) < 4.78 is 10.0. The van der Waals surface area contributed by atoms with E-state index < -0.39 is 28.6 Å². The van der Waals surface area contributed by atoms with Gasteiger partial charge in [0.2, 0.25) is 0 Å². The number of nitro groups is 1. The zero-order chi connectivity index (χ0) is 18.8. The summed E-state index contributed by atoms with van der Waals surface area (Å²) in [6.45, 7) is 5.48. The number of ether oxygens (including phenoxy) is 2. The van der Waals surface area contributed by atoms with Gasteiger partial charge in [0, 0.05) is 12.6 Å². The quantitative estimate of drug-likeness (QED) is 0.360. The summed E-state index contributed by atoms with van der Waals surface area (Å²) >= 11 is 0. The predicted molar refractivity (Wildman–Crippen MR) is 89.3 cm³/mol. The summed E-state index contributed by atoms with van der Waals surface area (Å²) in [5, 5.41) is 11.4. The second-order valence-corrected chi connectivity index (χ2v) is 6.53. The fourth-order valence-electron chi connectivity index (χ4n) is 2.50. The Morgan fingerprint density at radius 1 is 1.32 bits per heavy atom. The van der Waals surface area contributed by atoms with Gasteiger partial charge in [-0.1, -0.05) is 12.2 Å². The highest BCUT2D eigenvalue weighted by Crippen LogP contribution is 2.35. The van der Waals surface area contributed by atoms with Crippen LogP contribution in [0.25, 0.3) is 0 Å². The third kappa shape index (κ3) is 4.14. The van der Waals surface area contributed by atoms with Crippen LogP contribution in [-0.2, 0) is 9.47 Å². The van der Waals surface area contributed by atoms with Crippen LogP contribution in [0.2, 0.25) is 0 Å². The van der Waals surface area contributed by atoms with Crippen molar-refractivity contribution in [3.8, 4) is 0 Å². The number of nitrogens with zero attached hydrogens (tertiary/aromatic N) is 2. The van der Waals surface area contributed by atoms with E-state index in [1.807, 2.05) is 0 Å². The Morgan fingerprint density at radius 3 is 2.56 bits per heavy atom. The molecule has 1 heterocycles. The Balaban J connectivity index is 2.43. The first-order valence-corrected chi connectivity index (χ1v) is 7.67. The SMILES string of the molecule is COC(=O)c1ccc([N+](=O)[O-])c(C2C=CCN2C(=O)OC(C)(C)C)c1. The molecule has 1 aromatic carbocycles. The van der Waals surface area contributed by atoms with Crippen molar-refractivity contribution in [2.45, 2.75) is 32.4 Å². The van der Waals surface area contributed by atoms with Crippen LogP contribution in [0.3, 0.4) is 0 Å². The molecule has 0 saturated carbocycles. The number of carbonyl (C=O) groups excluding carboxylic acids is 2. The first-order chi connectivity index (χ1) is 11.6. The second-order valence-electron chi connectivity index (χ2n) is 6.53. The van der Waals surface area contributed by atoms with Gasteiger partial charge in [0.15, 0.2) is 0 Å². The van der Waals surface area contributed by atoms with Crippen LogP contribution in [-0.4, -0.2) is 41.1 Å². The minimum Gasteiger partial charge on any atom is -0.465 e. The van der Waals surface area contributed by atoms with Crippen molar-refractivity contribution in [3.05, 3.63) is 51.6 Å². The molecule has 0 bridgehead atoms. The lowest BCUT2D eigenvalue weighted by atomic mass is 10.0. The highest BCUT2D eigenvalue weighted by atomic mass is 16.6. The smallest absolute Gasteiger partial charge is 0.411 e.